The number of carbonyl (C=O) groups is 4. The molecule has 1 saturated carbocycles. The topological polar surface area (TPSA) is 123 Å². The standard InChI is InChI=1S/C38H32Br2Cl2N2O8/c1-43-35(48)37(41)17-25-22(29(38(37,42)36(43)49)24-16-27(52-4)32(45)31(40)30(24)39)12-13-23-28(25)34(47)44(33(23)46)20-9-6-18(7-10-20)5-8-19-15-21(50-2)11-14-26(19)51-3/h5-12,14-16,23,25,28-29,45H,13,17H2,1-4H3/t23-,25+,28-,29+,37+,38-/m0/s1. The molecule has 6 atom stereocenters. The van der Waals surface area contributed by atoms with Gasteiger partial charge in [-0.3, -0.25) is 29.0 Å². The van der Waals surface area contributed by atoms with Gasteiger partial charge in [0.15, 0.2) is 21.2 Å². The Labute approximate surface area is 326 Å². The molecule has 2 aliphatic heterocycles. The van der Waals surface area contributed by atoms with E-state index in [9.17, 15) is 24.3 Å². The molecule has 0 bridgehead atoms. The number of likely N-dealkylation sites (tertiary alicyclic amines) is 1. The fraction of sp³-hybridized carbons (Fsp3) is 0.316. The number of rotatable bonds is 7. The summed E-state index contributed by atoms with van der Waals surface area (Å²) in [7, 11) is 5.89. The SMILES string of the molecule is COc1ccc(OC)c(C=Cc2ccc(N3C(=O)[C@H]4[C@H](CC=C5[C@H]4C[C@@]4(Cl)C(=O)N(C)C(=O)[C@@]4(Cl)[C@H]5c4cc(OC)c(O)c(Br)c4Br)C3=O)cc2)c1. The predicted molar refractivity (Wildman–Crippen MR) is 203 cm³/mol. The van der Waals surface area contributed by atoms with Gasteiger partial charge < -0.3 is 19.3 Å². The van der Waals surface area contributed by atoms with E-state index in [2.05, 4.69) is 31.9 Å². The maximum absolute atomic E-state index is 14.5. The number of phenols is 1. The van der Waals surface area contributed by atoms with Crippen molar-refractivity contribution in [3.8, 4) is 23.0 Å². The Morgan fingerprint density at radius 1 is 0.846 bits per heavy atom. The molecule has 10 nitrogen and oxygen atoms in total. The number of ether oxygens (including phenoxy) is 3. The Morgan fingerprint density at radius 3 is 2.19 bits per heavy atom. The molecule has 14 heteroatoms. The first-order valence-corrected chi connectivity index (χ1v) is 18.6. The van der Waals surface area contributed by atoms with Gasteiger partial charge >= 0.3 is 0 Å². The van der Waals surface area contributed by atoms with Gasteiger partial charge in [0.2, 0.25) is 11.8 Å². The van der Waals surface area contributed by atoms with Gasteiger partial charge in [-0.15, -0.1) is 23.2 Å². The van der Waals surface area contributed by atoms with Crippen molar-refractivity contribution in [3.63, 3.8) is 0 Å². The first kappa shape index (κ1) is 36.5. The molecule has 0 spiro atoms. The predicted octanol–water partition coefficient (Wildman–Crippen LogP) is 7.31. The Bertz CT molecular complexity index is 2120. The van der Waals surface area contributed by atoms with Gasteiger partial charge in [0.25, 0.3) is 11.8 Å². The number of fused-ring (bicyclic) bond motifs is 4. The number of aromatic hydroxyl groups is 1. The number of anilines is 1. The molecule has 3 fully saturated rings. The second-order valence-corrected chi connectivity index (χ2v) is 16.0. The Hall–Kier alpha value is -3.84. The van der Waals surface area contributed by atoms with Crippen LogP contribution in [0.4, 0.5) is 5.69 Å². The van der Waals surface area contributed by atoms with E-state index in [-0.39, 0.29) is 34.7 Å². The third kappa shape index (κ3) is 5.15. The molecule has 7 rings (SSSR count). The van der Waals surface area contributed by atoms with Crippen molar-refractivity contribution in [2.24, 2.45) is 17.8 Å². The molecule has 2 saturated heterocycles. The minimum absolute atomic E-state index is 0.0891. The smallest absolute Gasteiger partial charge is 0.253 e. The lowest BCUT2D eigenvalue weighted by Crippen LogP contribution is -2.60. The van der Waals surface area contributed by atoms with Crippen molar-refractivity contribution >= 4 is 96.5 Å². The summed E-state index contributed by atoms with van der Waals surface area (Å²) in [5.41, 5.74) is 3.06. The normalized spacial score (nSPS) is 28.2. The third-order valence-electron chi connectivity index (χ3n) is 10.8. The van der Waals surface area contributed by atoms with Crippen LogP contribution in [0, 0.1) is 17.8 Å². The Morgan fingerprint density at radius 2 is 1.54 bits per heavy atom. The van der Waals surface area contributed by atoms with E-state index in [1.807, 2.05) is 48.6 Å². The monoisotopic (exact) mass is 872 g/mol. The molecule has 2 aliphatic carbocycles. The Kier molecular flexibility index (Phi) is 9.29. The fourth-order valence-corrected chi connectivity index (χ4v) is 10.2. The van der Waals surface area contributed by atoms with E-state index in [0.29, 0.717) is 32.8 Å². The lowest BCUT2D eigenvalue weighted by Gasteiger charge is -2.51. The summed E-state index contributed by atoms with van der Waals surface area (Å²) in [5.74, 6) is -4.27. The highest BCUT2D eigenvalue weighted by Gasteiger charge is 2.76. The number of allylic oxidation sites excluding steroid dienone is 2. The molecule has 4 aliphatic rings. The molecule has 270 valence electrons. The molecular weight excluding hydrogens is 843 g/mol. The molecule has 1 N–H and O–H groups in total. The molecule has 0 radical (unpaired) electrons. The number of nitrogens with zero attached hydrogens (tertiary/aromatic N) is 2. The number of phenolic OH excluding ortho intramolecular Hbond substituents is 1. The number of hydrogen-bond donors (Lipinski definition) is 1. The van der Waals surface area contributed by atoms with E-state index in [1.54, 1.807) is 26.4 Å². The molecule has 52 heavy (non-hydrogen) atoms. The van der Waals surface area contributed by atoms with Crippen LogP contribution in [-0.2, 0) is 19.2 Å². The quantitative estimate of drug-likeness (QED) is 0.114. The number of benzene rings is 3. The molecule has 4 amide bonds. The summed E-state index contributed by atoms with van der Waals surface area (Å²) in [5, 5.41) is 10.7. The molecule has 3 aromatic rings. The largest absolute Gasteiger partial charge is 0.503 e. The van der Waals surface area contributed by atoms with Crippen molar-refractivity contribution in [2.75, 3.05) is 33.3 Å². The van der Waals surface area contributed by atoms with E-state index >= 15 is 0 Å². The average Bonchev–Trinajstić information content (AvgIpc) is 3.48. The van der Waals surface area contributed by atoms with Crippen LogP contribution >= 0.6 is 55.1 Å². The third-order valence-corrected chi connectivity index (χ3v) is 14.3. The van der Waals surface area contributed by atoms with Crippen molar-refractivity contribution in [1.82, 2.24) is 4.90 Å². The highest BCUT2D eigenvalue weighted by molar-refractivity contribution is 9.13. The maximum Gasteiger partial charge on any atom is 0.253 e. The van der Waals surface area contributed by atoms with Crippen LogP contribution in [0.25, 0.3) is 12.2 Å². The number of imide groups is 2. The van der Waals surface area contributed by atoms with Gasteiger partial charge in [-0.2, -0.15) is 0 Å². The van der Waals surface area contributed by atoms with Crippen LogP contribution in [-0.4, -0.2) is 71.8 Å². The van der Waals surface area contributed by atoms with Crippen LogP contribution in [0.3, 0.4) is 0 Å². The van der Waals surface area contributed by atoms with Crippen molar-refractivity contribution in [1.29, 1.82) is 0 Å². The zero-order chi connectivity index (χ0) is 37.4. The number of amides is 4. The van der Waals surface area contributed by atoms with E-state index in [1.165, 1.54) is 25.1 Å². The van der Waals surface area contributed by atoms with Gasteiger partial charge in [0.05, 0.1) is 43.3 Å². The summed E-state index contributed by atoms with van der Waals surface area (Å²) in [4.78, 5) is 54.5. The number of hydrogen-bond acceptors (Lipinski definition) is 8. The molecule has 0 unspecified atom stereocenters. The Balaban J connectivity index is 1.26. The molecular formula is C38H32Br2Cl2N2O8. The minimum Gasteiger partial charge on any atom is -0.503 e. The molecule has 2 heterocycles. The highest BCUT2D eigenvalue weighted by Crippen LogP contribution is 2.66. The number of halogens is 4. The van der Waals surface area contributed by atoms with E-state index in [0.717, 1.165) is 16.0 Å². The summed E-state index contributed by atoms with van der Waals surface area (Å²) in [6.45, 7) is 0. The minimum atomic E-state index is -2.00. The van der Waals surface area contributed by atoms with Gasteiger partial charge in [-0.05, 0) is 98.1 Å². The second-order valence-electron chi connectivity index (χ2n) is 13.2. The summed E-state index contributed by atoms with van der Waals surface area (Å²) >= 11 is 21.6. The van der Waals surface area contributed by atoms with E-state index < -0.39 is 51.1 Å². The van der Waals surface area contributed by atoms with Crippen molar-refractivity contribution in [2.45, 2.75) is 28.5 Å². The molecule has 3 aromatic carbocycles. The zero-order valence-corrected chi connectivity index (χ0v) is 33.0. The van der Waals surface area contributed by atoms with E-state index in [4.69, 9.17) is 37.4 Å². The first-order valence-electron chi connectivity index (χ1n) is 16.3. The van der Waals surface area contributed by atoms with Crippen LogP contribution in [0.5, 0.6) is 23.0 Å². The van der Waals surface area contributed by atoms with Crippen LogP contribution in [0.1, 0.15) is 35.4 Å². The van der Waals surface area contributed by atoms with Crippen LogP contribution in [0.15, 0.2) is 69.1 Å². The van der Waals surface area contributed by atoms with Crippen molar-refractivity contribution in [3.05, 3.63) is 85.8 Å². The van der Waals surface area contributed by atoms with Crippen LogP contribution < -0.4 is 19.1 Å². The summed E-state index contributed by atoms with van der Waals surface area (Å²) < 4.78 is 16.9. The van der Waals surface area contributed by atoms with Gasteiger partial charge in [-0.25, -0.2) is 0 Å². The summed E-state index contributed by atoms with van der Waals surface area (Å²) in [6.07, 6.45) is 5.68. The van der Waals surface area contributed by atoms with Gasteiger partial charge in [0.1, 0.15) is 11.5 Å². The highest BCUT2D eigenvalue weighted by atomic mass is 79.9. The second kappa shape index (κ2) is 13.2. The maximum atomic E-state index is 14.5. The average molecular weight is 875 g/mol. The first-order chi connectivity index (χ1) is 24.7. The lowest BCUT2D eigenvalue weighted by atomic mass is 9.56. The van der Waals surface area contributed by atoms with Gasteiger partial charge in [0, 0.05) is 23.0 Å². The summed E-state index contributed by atoms with van der Waals surface area (Å²) in [6, 6.07) is 14.1. The van der Waals surface area contributed by atoms with Crippen molar-refractivity contribution < 1.29 is 38.5 Å². The zero-order valence-electron chi connectivity index (χ0n) is 28.3. The number of methoxy groups -OCH3 is 3. The number of carbonyl (C=O) groups excluding carboxylic acids is 4. The molecule has 0 aromatic heterocycles. The van der Waals surface area contributed by atoms with Crippen LogP contribution in [0.2, 0.25) is 0 Å². The fourth-order valence-electron chi connectivity index (χ4n) is 8.21. The van der Waals surface area contributed by atoms with Gasteiger partial charge in [-0.1, -0.05) is 35.9 Å². The number of alkyl halides is 2. The lowest BCUT2D eigenvalue weighted by molar-refractivity contribution is -0.138.